The first-order valence-corrected chi connectivity index (χ1v) is 14.5. The predicted molar refractivity (Wildman–Crippen MR) is 151 cm³/mol. The van der Waals surface area contributed by atoms with Gasteiger partial charge >= 0.3 is 0 Å². The van der Waals surface area contributed by atoms with E-state index in [4.69, 9.17) is 4.42 Å². The van der Waals surface area contributed by atoms with Crippen LogP contribution in [0.2, 0.25) is 0 Å². The third-order valence-electron chi connectivity index (χ3n) is 7.03. The van der Waals surface area contributed by atoms with Gasteiger partial charge in [-0.1, -0.05) is 35.4 Å². The van der Waals surface area contributed by atoms with Crippen LogP contribution in [0.3, 0.4) is 0 Å². The van der Waals surface area contributed by atoms with Crippen LogP contribution in [0.1, 0.15) is 54.1 Å². The molecular formula is C29H35N3O5S. The van der Waals surface area contributed by atoms with E-state index in [9.17, 15) is 18.0 Å². The quantitative estimate of drug-likeness (QED) is 0.454. The van der Waals surface area contributed by atoms with Gasteiger partial charge in [0.1, 0.15) is 11.3 Å². The third kappa shape index (κ3) is 5.48. The number of fused-ring (bicyclic) bond motifs is 1. The fourth-order valence-corrected chi connectivity index (χ4v) is 5.47. The number of allylic oxidation sites excluding steroid dienone is 1. The maximum atomic E-state index is 13.1. The Bertz CT molecular complexity index is 1520. The minimum absolute atomic E-state index is 0.0511. The zero-order chi connectivity index (χ0) is 27.8. The number of nitrogens with one attached hydrogen (secondary N) is 1. The Morgan fingerprint density at radius 3 is 2.45 bits per heavy atom. The highest BCUT2D eigenvalue weighted by molar-refractivity contribution is 7.92. The lowest BCUT2D eigenvalue weighted by atomic mass is 9.88. The SMILES string of the molecule is CNC(=O)c1c(-c2ccc(C)cc2)oc2cc(N(C)S(C)(=O)=O)c([C@@H]3CCCN(C(=O)C=C(C)C)C3)cc12. The molecule has 1 atom stereocenters. The summed E-state index contributed by atoms with van der Waals surface area (Å²) >= 11 is 0. The van der Waals surface area contributed by atoms with E-state index >= 15 is 0 Å². The second-order valence-corrected chi connectivity index (χ2v) is 12.2. The highest BCUT2D eigenvalue weighted by Crippen LogP contribution is 2.42. The van der Waals surface area contributed by atoms with E-state index < -0.39 is 10.0 Å². The first-order chi connectivity index (χ1) is 17.9. The standard InChI is InChI=1S/C29H35N3O5S/c1-18(2)14-26(33)32-13-7-8-21(17-32)22-15-23-25(16-24(22)31(5)38(6,35)36)37-28(27(23)29(34)30-4)20-11-9-19(3)10-12-20/h9-12,14-16,21H,7-8,13,17H2,1-6H3,(H,30,34)/t21-/m1/s1. The highest BCUT2D eigenvalue weighted by atomic mass is 32.2. The highest BCUT2D eigenvalue weighted by Gasteiger charge is 2.31. The molecule has 2 aromatic carbocycles. The third-order valence-corrected chi connectivity index (χ3v) is 8.22. The number of aryl methyl sites for hydroxylation is 1. The average Bonchev–Trinajstić information content (AvgIpc) is 3.25. The number of hydrogen-bond donors (Lipinski definition) is 1. The molecule has 0 unspecified atom stereocenters. The number of furan rings is 1. The second-order valence-electron chi connectivity index (χ2n) is 10.2. The van der Waals surface area contributed by atoms with Gasteiger partial charge in [0.25, 0.3) is 5.91 Å². The summed E-state index contributed by atoms with van der Waals surface area (Å²) in [6, 6.07) is 11.3. The summed E-state index contributed by atoms with van der Waals surface area (Å²) in [7, 11) is -0.508. The number of hydrogen-bond acceptors (Lipinski definition) is 5. The molecule has 1 fully saturated rings. The number of carbonyl (C=O) groups is 2. The van der Waals surface area contributed by atoms with Crippen molar-refractivity contribution in [1.29, 1.82) is 0 Å². The number of amides is 2. The van der Waals surface area contributed by atoms with Gasteiger partial charge in [0.2, 0.25) is 15.9 Å². The summed E-state index contributed by atoms with van der Waals surface area (Å²) in [5.41, 5.74) is 4.82. The summed E-state index contributed by atoms with van der Waals surface area (Å²) in [5.74, 6) is -0.0334. The van der Waals surface area contributed by atoms with E-state index in [-0.39, 0.29) is 17.7 Å². The van der Waals surface area contributed by atoms with Crippen LogP contribution in [0, 0.1) is 6.92 Å². The van der Waals surface area contributed by atoms with Gasteiger partial charge in [-0.25, -0.2) is 8.42 Å². The molecule has 0 spiro atoms. The first kappa shape index (κ1) is 27.4. The van der Waals surface area contributed by atoms with Crippen molar-refractivity contribution in [3.63, 3.8) is 0 Å². The van der Waals surface area contributed by atoms with E-state index in [1.807, 2.05) is 56.0 Å². The molecule has 0 bridgehead atoms. The Kier molecular flexibility index (Phi) is 7.69. The van der Waals surface area contributed by atoms with Crippen molar-refractivity contribution in [1.82, 2.24) is 10.2 Å². The second kappa shape index (κ2) is 10.6. The van der Waals surface area contributed by atoms with Crippen LogP contribution in [-0.4, -0.2) is 58.6 Å². The molecule has 8 nitrogen and oxygen atoms in total. The number of rotatable bonds is 6. The molecule has 3 aromatic rings. The molecule has 4 rings (SSSR count). The van der Waals surface area contributed by atoms with Crippen LogP contribution in [0.5, 0.6) is 0 Å². The molecule has 1 aliphatic heterocycles. The molecule has 202 valence electrons. The van der Waals surface area contributed by atoms with Crippen LogP contribution >= 0.6 is 0 Å². The Morgan fingerprint density at radius 2 is 1.84 bits per heavy atom. The van der Waals surface area contributed by atoms with Gasteiger partial charge in [-0.15, -0.1) is 0 Å². The number of nitrogens with zero attached hydrogens (tertiary/aromatic N) is 2. The van der Waals surface area contributed by atoms with Crippen LogP contribution < -0.4 is 9.62 Å². The molecule has 1 N–H and O–H groups in total. The van der Waals surface area contributed by atoms with Gasteiger partial charge in [-0.2, -0.15) is 0 Å². The van der Waals surface area contributed by atoms with Crippen LogP contribution in [0.4, 0.5) is 5.69 Å². The van der Waals surface area contributed by atoms with Crippen molar-refractivity contribution in [2.24, 2.45) is 0 Å². The van der Waals surface area contributed by atoms with E-state index in [1.54, 1.807) is 19.2 Å². The lowest BCUT2D eigenvalue weighted by Gasteiger charge is -2.34. The van der Waals surface area contributed by atoms with Gasteiger partial charge in [-0.3, -0.25) is 13.9 Å². The fourth-order valence-electron chi connectivity index (χ4n) is 4.96. The molecule has 38 heavy (non-hydrogen) atoms. The van der Waals surface area contributed by atoms with Crippen molar-refractivity contribution in [2.45, 2.75) is 39.5 Å². The summed E-state index contributed by atoms with van der Waals surface area (Å²) in [6.07, 6.45) is 4.35. The monoisotopic (exact) mass is 537 g/mol. The molecule has 0 saturated carbocycles. The Morgan fingerprint density at radius 1 is 1.16 bits per heavy atom. The molecule has 1 aromatic heterocycles. The minimum atomic E-state index is -3.59. The first-order valence-electron chi connectivity index (χ1n) is 12.7. The van der Waals surface area contributed by atoms with Crippen molar-refractivity contribution < 1.29 is 22.4 Å². The van der Waals surface area contributed by atoms with Gasteiger partial charge in [-0.05, 0) is 45.2 Å². The summed E-state index contributed by atoms with van der Waals surface area (Å²) in [5, 5.41) is 3.32. The Balaban J connectivity index is 1.93. The zero-order valence-electron chi connectivity index (χ0n) is 22.8. The molecular weight excluding hydrogens is 502 g/mol. The summed E-state index contributed by atoms with van der Waals surface area (Å²) in [4.78, 5) is 27.7. The Hall–Kier alpha value is -3.59. The average molecular weight is 538 g/mol. The van der Waals surface area contributed by atoms with Gasteiger partial charge in [0, 0.05) is 56.2 Å². The summed E-state index contributed by atoms with van der Waals surface area (Å²) in [6.45, 7) is 6.86. The van der Waals surface area contributed by atoms with Crippen molar-refractivity contribution >= 4 is 38.5 Å². The number of anilines is 1. The lowest BCUT2D eigenvalue weighted by Crippen LogP contribution is -2.39. The molecule has 2 heterocycles. The van der Waals surface area contributed by atoms with Crippen LogP contribution in [-0.2, 0) is 14.8 Å². The number of benzene rings is 2. The predicted octanol–water partition coefficient (Wildman–Crippen LogP) is 4.84. The molecule has 1 aliphatic rings. The van der Waals surface area contributed by atoms with Crippen molar-refractivity contribution in [2.75, 3.05) is 37.7 Å². The topological polar surface area (TPSA) is 99.9 Å². The number of carbonyl (C=O) groups excluding carboxylic acids is 2. The smallest absolute Gasteiger partial charge is 0.255 e. The maximum absolute atomic E-state index is 13.1. The van der Waals surface area contributed by atoms with E-state index in [2.05, 4.69) is 5.32 Å². The zero-order valence-corrected chi connectivity index (χ0v) is 23.6. The van der Waals surface area contributed by atoms with E-state index in [0.29, 0.717) is 41.1 Å². The van der Waals surface area contributed by atoms with Crippen LogP contribution in [0.25, 0.3) is 22.3 Å². The normalized spacial score (nSPS) is 15.8. The van der Waals surface area contributed by atoms with Gasteiger partial charge in [0.05, 0.1) is 17.5 Å². The van der Waals surface area contributed by atoms with Gasteiger partial charge in [0.15, 0.2) is 0 Å². The maximum Gasteiger partial charge on any atom is 0.255 e. The number of piperidine rings is 1. The van der Waals surface area contributed by atoms with Crippen LogP contribution in [0.15, 0.2) is 52.5 Å². The molecule has 0 aliphatic carbocycles. The Labute approximate surface area is 224 Å². The number of likely N-dealkylation sites (tertiary alicyclic amines) is 1. The van der Waals surface area contributed by atoms with E-state index in [1.165, 1.54) is 11.4 Å². The van der Waals surface area contributed by atoms with E-state index in [0.717, 1.165) is 41.4 Å². The summed E-state index contributed by atoms with van der Waals surface area (Å²) < 4.78 is 32.8. The fraction of sp³-hybridized carbons (Fsp3) is 0.379. The lowest BCUT2D eigenvalue weighted by molar-refractivity contribution is -0.127. The number of sulfonamides is 1. The van der Waals surface area contributed by atoms with Crippen molar-refractivity contribution in [3.8, 4) is 11.3 Å². The molecule has 1 saturated heterocycles. The van der Waals surface area contributed by atoms with Crippen molar-refractivity contribution in [3.05, 3.63) is 64.7 Å². The minimum Gasteiger partial charge on any atom is -0.455 e. The molecule has 9 heteroatoms. The van der Waals surface area contributed by atoms with Gasteiger partial charge < -0.3 is 14.6 Å². The molecule has 0 radical (unpaired) electrons. The largest absolute Gasteiger partial charge is 0.455 e. The molecule has 2 amide bonds.